The third-order valence-electron chi connectivity index (χ3n) is 7.48. The zero-order valence-electron chi connectivity index (χ0n) is 23.7. The lowest BCUT2D eigenvalue weighted by Gasteiger charge is -2.35. The molecule has 41 heavy (non-hydrogen) atoms. The van der Waals surface area contributed by atoms with E-state index in [1.54, 1.807) is 39.2 Å². The van der Waals surface area contributed by atoms with Gasteiger partial charge >= 0.3 is 6.18 Å². The molecule has 3 aromatic rings. The minimum absolute atomic E-state index is 0.0848. The number of nitriles is 1. The summed E-state index contributed by atoms with van der Waals surface area (Å²) in [6.07, 6.45) is -2.47. The van der Waals surface area contributed by atoms with Crippen molar-refractivity contribution in [2.24, 2.45) is 0 Å². The van der Waals surface area contributed by atoms with Crippen LogP contribution in [0.4, 0.5) is 13.2 Å². The van der Waals surface area contributed by atoms with E-state index in [1.807, 2.05) is 13.8 Å². The number of likely N-dealkylation sites (tertiary alicyclic amines) is 1. The van der Waals surface area contributed by atoms with Crippen LogP contribution in [0.2, 0.25) is 0 Å². The number of nitrogens with zero attached hydrogens (tertiary/aromatic N) is 4. The first-order valence-corrected chi connectivity index (χ1v) is 14.7. The molecule has 0 amide bonds. The molecule has 0 saturated carbocycles. The summed E-state index contributed by atoms with van der Waals surface area (Å²) in [6, 6.07) is 11.4. The molecule has 1 saturated heterocycles. The van der Waals surface area contributed by atoms with E-state index < -0.39 is 33.2 Å². The first-order chi connectivity index (χ1) is 19.1. The highest BCUT2D eigenvalue weighted by atomic mass is 32.2. The quantitative estimate of drug-likeness (QED) is 0.193. The molecule has 1 aromatic heterocycles. The van der Waals surface area contributed by atoms with E-state index in [0.717, 1.165) is 11.6 Å². The van der Waals surface area contributed by atoms with Crippen molar-refractivity contribution in [2.75, 3.05) is 27.2 Å². The molecule has 0 radical (unpaired) electrons. The lowest BCUT2D eigenvalue weighted by Crippen LogP contribution is -2.38. The van der Waals surface area contributed by atoms with Gasteiger partial charge in [-0.15, -0.1) is 0 Å². The zero-order chi connectivity index (χ0) is 30.3. The molecule has 2 aromatic carbocycles. The summed E-state index contributed by atoms with van der Waals surface area (Å²) in [5.41, 5.74) is -1.08. The molecule has 0 unspecified atom stereocenters. The maximum atomic E-state index is 14.5. The number of alkyl halides is 3. The van der Waals surface area contributed by atoms with Crippen LogP contribution in [0.15, 0.2) is 59.1 Å². The SMILES string of the molecule is Cc1ccc(S(=O)(=O)n2c(C(=O)/C(C#N)=C/N(C)C)cc3cc(C4CCN(C(C)C)CC4)c(C(F)(F)F)cc32)cc1. The lowest BCUT2D eigenvalue weighted by molar-refractivity contribution is -0.138. The van der Waals surface area contributed by atoms with E-state index in [0.29, 0.717) is 29.9 Å². The average Bonchev–Trinajstić information content (AvgIpc) is 3.30. The van der Waals surface area contributed by atoms with Crippen LogP contribution in [0.25, 0.3) is 10.9 Å². The first-order valence-electron chi connectivity index (χ1n) is 13.3. The van der Waals surface area contributed by atoms with Gasteiger partial charge in [-0.1, -0.05) is 17.7 Å². The Morgan fingerprint density at radius 1 is 1.10 bits per heavy atom. The molecule has 1 aliphatic rings. The second kappa shape index (κ2) is 11.3. The standard InChI is InChI=1S/C30H33F3N4O3S/c1-19(2)36-12-10-21(11-13-36)25-14-22-15-28(29(38)23(17-34)18-35(4)5)37(27(22)16-26(25)30(31,32)33)41(39,40)24-8-6-20(3)7-9-24/h6-9,14-16,18-19,21H,10-13H2,1-5H3/b23-18+. The van der Waals surface area contributed by atoms with Crippen LogP contribution in [-0.2, 0) is 16.2 Å². The maximum Gasteiger partial charge on any atom is 0.416 e. The van der Waals surface area contributed by atoms with Crippen LogP contribution in [0.3, 0.4) is 0 Å². The van der Waals surface area contributed by atoms with Crippen molar-refractivity contribution in [1.29, 1.82) is 5.26 Å². The summed E-state index contributed by atoms with van der Waals surface area (Å²) in [4.78, 5) is 17.1. The first kappa shape index (κ1) is 30.3. The van der Waals surface area contributed by atoms with Crippen LogP contribution in [0.5, 0.6) is 0 Å². The fourth-order valence-electron chi connectivity index (χ4n) is 5.33. The molecule has 7 nitrogen and oxygen atoms in total. The molecule has 2 heterocycles. The number of hydrogen-bond acceptors (Lipinski definition) is 6. The van der Waals surface area contributed by atoms with E-state index >= 15 is 0 Å². The average molecular weight is 587 g/mol. The summed E-state index contributed by atoms with van der Waals surface area (Å²) in [6.45, 7) is 7.15. The summed E-state index contributed by atoms with van der Waals surface area (Å²) >= 11 is 0. The largest absolute Gasteiger partial charge is 0.416 e. The number of hydrogen-bond donors (Lipinski definition) is 0. The fourth-order valence-corrected chi connectivity index (χ4v) is 6.83. The summed E-state index contributed by atoms with van der Waals surface area (Å²) in [7, 11) is -1.34. The van der Waals surface area contributed by atoms with Crippen molar-refractivity contribution in [2.45, 2.75) is 56.6 Å². The van der Waals surface area contributed by atoms with Gasteiger partial charge in [0.2, 0.25) is 5.78 Å². The number of carbonyl (C=O) groups excluding carboxylic acids is 1. The van der Waals surface area contributed by atoms with Gasteiger partial charge in [0.1, 0.15) is 17.3 Å². The Labute approximate surface area is 238 Å². The summed E-state index contributed by atoms with van der Waals surface area (Å²) < 4.78 is 72.1. The maximum absolute atomic E-state index is 14.5. The summed E-state index contributed by atoms with van der Waals surface area (Å²) in [5, 5.41) is 9.85. The molecule has 0 bridgehead atoms. The highest BCUT2D eigenvalue weighted by molar-refractivity contribution is 7.90. The molecular formula is C30H33F3N4O3S. The third kappa shape index (κ3) is 6.04. The minimum atomic E-state index is -4.76. The molecular weight excluding hydrogens is 553 g/mol. The monoisotopic (exact) mass is 586 g/mol. The van der Waals surface area contributed by atoms with Gasteiger partial charge in [0.25, 0.3) is 10.0 Å². The topological polar surface area (TPSA) is 86.4 Å². The van der Waals surface area contributed by atoms with Crippen LogP contribution >= 0.6 is 0 Å². The number of aromatic nitrogens is 1. The Kier molecular flexibility index (Phi) is 8.39. The van der Waals surface area contributed by atoms with Gasteiger partial charge in [-0.2, -0.15) is 18.4 Å². The fraction of sp³-hybridized carbons (Fsp3) is 0.400. The highest BCUT2D eigenvalue weighted by Gasteiger charge is 2.38. The smallest absolute Gasteiger partial charge is 0.382 e. The van der Waals surface area contributed by atoms with Gasteiger partial charge in [-0.25, -0.2) is 12.4 Å². The van der Waals surface area contributed by atoms with Gasteiger partial charge in [-0.05, 0) is 88.5 Å². The number of carbonyl (C=O) groups is 1. The van der Waals surface area contributed by atoms with Gasteiger partial charge in [0.15, 0.2) is 0 Å². The van der Waals surface area contributed by atoms with Crippen LogP contribution in [-0.4, -0.2) is 61.2 Å². The van der Waals surface area contributed by atoms with Crippen LogP contribution in [0.1, 0.15) is 59.8 Å². The van der Waals surface area contributed by atoms with Gasteiger partial charge in [0.05, 0.1) is 16.0 Å². The number of aryl methyl sites for hydroxylation is 1. The molecule has 0 spiro atoms. The normalized spacial score (nSPS) is 15.9. The van der Waals surface area contributed by atoms with Gasteiger partial charge < -0.3 is 9.80 Å². The molecule has 1 aliphatic heterocycles. The van der Waals surface area contributed by atoms with E-state index in [2.05, 4.69) is 4.90 Å². The van der Waals surface area contributed by atoms with E-state index in [9.17, 15) is 31.6 Å². The molecule has 1 fully saturated rings. The number of ketones is 1. The van der Waals surface area contributed by atoms with Crippen molar-refractivity contribution < 1.29 is 26.4 Å². The Hall–Kier alpha value is -3.62. The number of allylic oxidation sites excluding steroid dienone is 1. The number of rotatable bonds is 7. The molecule has 4 rings (SSSR count). The number of halogens is 3. The predicted octanol–water partition coefficient (Wildman–Crippen LogP) is 5.95. The van der Waals surface area contributed by atoms with E-state index in [1.165, 1.54) is 35.4 Å². The molecule has 0 aliphatic carbocycles. The second-order valence-electron chi connectivity index (χ2n) is 11.0. The number of piperidine rings is 1. The van der Waals surface area contributed by atoms with E-state index in [-0.39, 0.29) is 38.9 Å². The predicted molar refractivity (Wildman–Crippen MR) is 151 cm³/mol. The van der Waals surface area contributed by atoms with Crippen molar-refractivity contribution in [1.82, 2.24) is 13.8 Å². The van der Waals surface area contributed by atoms with Crippen molar-refractivity contribution in [3.8, 4) is 6.07 Å². The van der Waals surface area contributed by atoms with Crippen LogP contribution < -0.4 is 0 Å². The molecule has 218 valence electrons. The van der Waals surface area contributed by atoms with Crippen LogP contribution in [0, 0.1) is 18.3 Å². The molecule has 0 N–H and O–H groups in total. The molecule has 11 heteroatoms. The second-order valence-corrected chi connectivity index (χ2v) is 12.7. The van der Waals surface area contributed by atoms with E-state index in [4.69, 9.17) is 0 Å². The third-order valence-corrected chi connectivity index (χ3v) is 9.22. The van der Waals surface area contributed by atoms with Crippen molar-refractivity contribution in [3.63, 3.8) is 0 Å². The lowest BCUT2D eigenvalue weighted by atomic mass is 9.85. The Morgan fingerprint density at radius 3 is 2.22 bits per heavy atom. The zero-order valence-corrected chi connectivity index (χ0v) is 24.5. The van der Waals surface area contributed by atoms with Gasteiger partial charge in [-0.3, -0.25) is 4.79 Å². The van der Waals surface area contributed by atoms with Crippen molar-refractivity contribution >= 4 is 26.7 Å². The highest BCUT2D eigenvalue weighted by Crippen LogP contribution is 2.42. The molecule has 0 atom stereocenters. The van der Waals surface area contributed by atoms with Gasteiger partial charge in [0, 0.05) is 31.7 Å². The number of Topliss-reactive ketones (excluding diaryl/α,β-unsaturated/α-hetero) is 1. The minimum Gasteiger partial charge on any atom is -0.382 e. The van der Waals surface area contributed by atoms with Crippen molar-refractivity contribution in [3.05, 3.63) is 76.6 Å². The Morgan fingerprint density at radius 2 is 1.71 bits per heavy atom. The summed E-state index contributed by atoms with van der Waals surface area (Å²) in [5.74, 6) is -1.29. The Balaban J connectivity index is 2.00. The number of benzene rings is 2. The Bertz CT molecular complexity index is 1640. The number of fused-ring (bicyclic) bond motifs is 1.